The summed E-state index contributed by atoms with van der Waals surface area (Å²) < 4.78 is 7.66. The van der Waals surface area contributed by atoms with Crippen LogP contribution in [0.1, 0.15) is 37.7 Å². The minimum atomic E-state index is -0.142. The highest BCUT2D eigenvalue weighted by molar-refractivity contribution is 5.33. The third-order valence-electron chi connectivity index (χ3n) is 3.14. The quantitative estimate of drug-likeness (QED) is 0.600. The lowest BCUT2D eigenvalue weighted by Gasteiger charge is -2.18. The molecule has 5 nitrogen and oxygen atoms in total. The summed E-state index contributed by atoms with van der Waals surface area (Å²) in [5, 5.41) is 0. The molecule has 3 N–H and O–H groups in total. The van der Waals surface area contributed by atoms with Crippen molar-refractivity contribution < 1.29 is 4.74 Å². The number of aryl methyl sites for hydroxylation is 1. The van der Waals surface area contributed by atoms with E-state index in [1.54, 1.807) is 0 Å². The molecule has 108 valence electrons. The molecular weight excluding hydrogens is 252 g/mol. The van der Waals surface area contributed by atoms with E-state index in [1.165, 1.54) is 0 Å². The predicted octanol–water partition coefficient (Wildman–Crippen LogP) is 2.24. The van der Waals surface area contributed by atoms with Crippen molar-refractivity contribution in [2.75, 3.05) is 6.61 Å². The van der Waals surface area contributed by atoms with Crippen LogP contribution in [0.5, 0.6) is 5.75 Å². The van der Waals surface area contributed by atoms with Crippen LogP contribution >= 0.6 is 0 Å². The number of rotatable bonds is 7. The van der Waals surface area contributed by atoms with Gasteiger partial charge < -0.3 is 9.30 Å². The van der Waals surface area contributed by atoms with Crippen molar-refractivity contribution >= 4 is 0 Å². The molecule has 0 saturated heterocycles. The van der Waals surface area contributed by atoms with Crippen molar-refractivity contribution in [3.63, 3.8) is 0 Å². The summed E-state index contributed by atoms with van der Waals surface area (Å²) in [6, 6.07) is 7.80. The van der Waals surface area contributed by atoms with Crippen molar-refractivity contribution in [3.8, 4) is 5.75 Å². The number of imidazole rings is 1. The van der Waals surface area contributed by atoms with Crippen molar-refractivity contribution in [2.24, 2.45) is 5.84 Å². The number of nitrogens with one attached hydrogen (secondary N) is 1. The number of nitrogens with zero attached hydrogens (tertiary/aromatic N) is 2. The topological polar surface area (TPSA) is 65.1 Å². The van der Waals surface area contributed by atoms with Gasteiger partial charge in [0, 0.05) is 18.9 Å². The Morgan fingerprint density at radius 3 is 2.95 bits per heavy atom. The van der Waals surface area contributed by atoms with E-state index in [4.69, 9.17) is 10.6 Å². The first-order chi connectivity index (χ1) is 9.80. The zero-order valence-electron chi connectivity index (χ0n) is 12.0. The summed E-state index contributed by atoms with van der Waals surface area (Å²) in [7, 11) is 0. The van der Waals surface area contributed by atoms with Crippen LogP contribution in [-0.4, -0.2) is 16.2 Å². The molecule has 0 amide bonds. The Morgan fingerprint density at radius 2 is 2.25 bits per heavy atom. The molecule has 2 aromatic rings. The summed E-state index contributed by atoms with van der Waals surface area (Å²) in [6.45, 7) is 5.69. The predicted molar refractivity (Wildman–Crippen MR) is 79.3 cm³/mol. The Labute approximate surface area is 119 Å². The molecule has 1 heterocycles. The van der Waals surface area contributed by atoms with E-state index in [1.807, 2.05) is 43.6 Å². The van der Waals surface area contributed by atoms with Gasteiger partial charge in [-0.15, -0.1) is 0 Å². The number of benzene rings is 1. The zero-order chi connectivity index (χ0) is 14.4. The van der Waals surface area contributed by atoms with Crippen LogP contribution in [0.3, 0.4) is 0 Å². The highest BCUT2D eigenvalue weighted by atomic mass is 16.5. The summed E-state index contributed by atoms with van der Waals surface area (Å²) in [5.41, 5.74) is 3.89. The lowest BCUT2D eigenvalue weighted by atomic mass is 10.1. The van der Waals surface area contributed by atoms with Crippen molar-refractivity contribution in [1.29, 1.82) is 0 Å². The molecule has 0 aliphatic heterocycles. The van der Waals surface area contributed by atoms with Crippen LogP contribution in [0.15, 0.2) is 36.7 Å². The summed E-state index contributed by atoms with van der Waals surface area (Å²) in [6.07, 6.45) is 4.84. The van der Waals surface area contributed by atoms with E-state index in [2.05, 4.69) is 21.9 Å². The van der Waals surface area contributed by atoms with Crippen LogP contribution in [0.4, 0.5) is 0 Å². The molecule has 1 aromatic heterocycles. The Kier molecular flexibility index (Phi) is 5.15. The van der Waals surface area contributed by atoms with E-state index in [-0.39, 0.29) is 6.04 Å². The van der Waals surface area contributed by atoms with Crippen molar-refractivity contribution in [3.05, 3.63) is 48.0 Å². The van der Waals surface area contributed by atoms with Gasteiger partial charge >= 0.3 is 0 Å². The molecule has 5 heteroatoms. The number of hydrogen-bond acceptors (Lipinski definition) is 4. The number of hydrogen-bond donors (Lipinski definition) is 2. The molecule has 0 aliphatic rings. The first-order valence-corrected chi connectivity index (χ1v) is 7.00. The van der Waals surface area contributed by atoms with Gasteiger partial charge in [0.25, 0.3) is 0 Å². The normalized spacial score (nSPS) is 12.3. The van der Waals surface area contributed by atoms with Crippen LogP contribution in [0, 0.1) is 0 Å². The average Bonchev–Trinajstić information content (AvgIpc) is 2.89. The van der Waals surface area contributed by atoms with Crippen molar-refractivity contribution in [2.45, 2.75) is 32.9 Å². The summed E-state index contributed by atoms with van der Waals surface area (Å²) >= 11 is 0. The summed E-state index contributed by atoms with van der Waals surface area (Å²) in [4.78, 5) is 4.44. The molecule has 1 aromatic carbocycles. The van der Waals surface area contributed by atoms with Crippen LogP contribution in [-0.2, 0) is 6.54 Å². The highest BCUT2D eigenvalue weighted by Crippen LogP contribution is 2.24. The van der Waals surface area contributed by atoms with E-state index < -0.39 is 0 Å². The van der Waals surface area contributed by atoms with Gasteiger partial charge in [-0.1, -0.05) is 19.1 Å². The Balaban J connectivity index is 2.31. The number of hydrazine groups is 1. The highest BCUT2D eigenvalue weighted by Gasteiger charge is 2.18. The van der Waals surface area contributed by atoms with Gasteiger partial charge in [0.05, 0.1) is 6.61 Å². The molecule has 0 spiro atoms. The molecule has 0 fully saturated rings. The monoisotopic (exact) mass is 274 g/mol. The maximum atomic E-state index is 5.74. The third kappa shape index (κ3) is 3.18. The first kappa shape index (κ1) is 14.6. The molecule has 0 radical (unpaired) electrons. The zero-order valence-corrected chi connectivity index (χ0v) is 12.0. The van der Waals surface area contributed by atoms with Crippen molar-refractivity contribution in [1.82, 2.24) is 15.0 Å². The first-order valence-electron chi connectivity index (χ1n) is 7.00. The molecule has 0 saturated carbocycles. The Hall–Kier alpha value is -1.85. The number of nitrogens with two attached hydrogens (primary N) is 1. The lowest BCUT2D eigenvalue weighted by molar-refractivity contribution is 0.339. The van der Waals surface area contributed by atoms with E-state index in [0.29, 0.717) is 6.61 Å². The second-order valence-corrected chi connectivity index (χ2v) is 4.58. The van der Waals surface area contributed by atoms with E-state index in [0.717, 1.165) is 30.1 Å². The Bertz CT molecular complexity index is 538. The number of ether oxygens (including phenoxy) is 1. The van der Waals surface area contributed by atoms with Crippen LogP contribution < -0.4 is 16.0 Å². The van der Waals surface area contributed by atoms with Gasteiger partial charge in [-0.05, 0) is 31.0 Å². The third-order valence-corrected chi connectivity index (χ3v) is 3.14. The SMILES string of the molecule is CCCn1ccnc1C(NN)c1cccc(OCC)c1. The van der Waals surface area contributed by atoms with Gasteiger partial charge in [0.15, 0.2) is 0 Å². The molecule has 0 aliphatic carbocycles. The number of aromatic nitrogens is 2. The molecule has 1 unspecified atom stereocenters. The van der Waals surface area contributed by atoms with Gasteiger partial charge in [0.1, 0.15) is 17.6 Å². The fourth-order valence-corrected chi connectivity index (χ4v) is 2.28. The molecule has 0 bridgehead atoms. The van der Waals surface area contributed by atoms with Gasteiger partial charge in [-0.25, -0.2) is 10.4 Å². The molecule has 2 rings (SSSR count). The Morgan fingerprint density at radius 1 is 1.40 bits per heavy atom. The van der Waals surface area contributed by atoms with Gasteiger partial charge in [-0.3, -0.25) is 5.84 Å². The molecule has 1 atom stereocenters. The molecular formula is C15H22N4O. The summed E-state index contributed by atoms with van der Waals surface area (Å²) in [5.74, 6) is 7.51. The average molecular weight is 274 g/mol. The minimum absolute atomic E-state index is 0.142. The second kappa shape index (κ2) is 7.07. The standard InChI is InChI=1S/C15H22N4O/c1-3-9-19-10-8-17-15(19)14(18-16)12-6-5-7-13(11-12)20-4-2/h5-8,10-11,14,18H,3-4,9,16H2,1-2H3. The fraction of sp³-hybridized carbons (Fsp3) is 0.400. The smallest absolute Gasteiger partial charge is 0.131 e. The maximum Gasteiger partial charge on any atom is 0.131 e. The lowest BCUT2D eigenvalue weighted by Crippen LogP contribution is -2.31. The fourth-order valence-electron chi connectivity index (χ4n) is 2.28. The van der Waals surface area contributed by atoms with Crippen LogP contribution in [0.2, 0.25) is 0 Å². The molecule has 20 heavy (non-hydrogen) atoms. The minimum Gasteiger partial charge on any atom is -0.494 e. The van der Waals surface area contributed by atoms with E-state index >= 15 is 0 Å². The second-order valence-electron chi connectivity index (χ2n) is 4.58. The van der Waals surface area contributed by atoms with Gasteiger partial charge in [0.2, 0.25) is 0 Å². The van der Waals surface area contributed by atoms with Gasteiger partial charge in [-0.2, -0.15) is 0 Å². The van der Waals surface area contributed by atoms with Crippen LogP contribution in [0.25, 0.3) is 0 Å². The maximum absolute atomic E-state index is 5.74. The largest absolute Gasteiger partial charge is 0.494 e. The van der Waals surface area contributed by atoms with E-state index in [9.17, 15) is 0 Å².